The second kappa shape index (κ2) is 7.56. The normalized spacial score (nSPS) is 15.3. The van der Waals surface area contributed by atoms with Crippen LogP contribution >= 0.6 is 11.8 Å². The van der Waals surface area contributed by atoms with Crippen molar-refractivity contribution in [2.45, 2.75) is 11.3 Å². The molecule has 21 heavy (non-hydrogen) atoms. The molecule has 1 aromatic carbocycles. The molecule has 1 aliphatic heterocycles. The van der Waals surface area contributed by atoms with Gasteiger partial charge in [0.2, 0.25) is 6.43 Å². The number of halogens is 3. The number of ether oxygens (including phenoxy) is 1. The number of nitrogens with zero attached hydrogens (tertiary/aromatic N) is 1. The summed E-state index contributed by atoms with van der Waals surface area (Å²) in [6.07, 6.45) is -2.47. The third-order valence-electron chi connectivity index (χ3n) is 2.85. The number of hydrogen-bond donors (Lipinski definition) is 1. The second-order valence-electron chi connectivity index (χ2n) is 4.37. The predicted octanol–water partition coefficient (Wildman–Crippen LogP) is 3.05. The molecule has 0 aliphatic carbocycles. The maximum absolute atomic E-state index is 13.3. The number of alkyl halides is 2. The first-order valence-corrected chi connectivity index (χ1v) is 7.39. The average Bonchev–Trinajstić information content (AvgIpc) is 2.47. The Morgan fingerprint density at radius 2 is 2.10 bits per heavy atom. The van der Waals surface area contributed by atoms with Gasteiger partial charge in [0.1, 0.15) is 5.82 Å². The Hall–Kier alpha value is -1.41. The van der Waals surface area contributed by atoms with Gasteiger partial charge in [-0.25, -0.2) is 18.0 Å². The number of nitrogens with one attached hydrogen (secondary N) is 1. The van der Waals surface area contributed by atoms with Gasteiger partial charge in [0.15, 0.2) is 0 Å². The molecule has 4 nitrogen and oxygen atoms in total. The van der Waals surface area contributed by atoms with Crippen LogP contribution in [-0.2, 0) is 4.74 Å². The number of hydrogen-bond acceptors (Lipinski definition) is 3. The highest BCUT2D eigenvalue weighted by molar-refractivity contribution is 7.99. The highest BCUT2D eigenvalue weighted by Gasteiger charge is 2.18. The van der Waals surface area contributed by atoms with Crippen LogP contribution in [0.2, 0.25) is 0 Å². The van der Waals surface area contributed by atoms with E-state index in [4.69, 9.17) is 4.74 Å². The van der Waals surface area contributed by atoms with Crippen LogP contribution in [-0.4, -0.2) is 49.4 Å². The molecule has 0 saturated carbocycles. The summed E-state index contributed by atoms with van der Waals surface area (Å²) in [7, 11) is 0. The summed E-state index contributed by atoms with van der Waals surface area (Å²) in [6.45, 7) is 1.79. The Bertz CT molecular complexity index is 496. The third kappa shape index (κ3) is 4.82. The quantitative estimate of drug-likeness (QED) is 0.867. The number of carbonyl (C=O) groups excluding carboxylic acids is 1. The number of morpholine rings is 1. The van der Waals surface area contributed by atoms with E-state index in [1.165, 1.54) is 17.0 Å². The predicted molar refractivity (Wildman–Crippen MR) is 74.5 cm³/mol. The Kier molecular flexibility index (Phi) is 5.75. The van der Waals surface area contributed by atoms with Crippen molar-refractivity contribution in [3.05, 3.63) is 24.0 Å². The number of amides is 2. The lowest BCUT2D eigenvalue weighted by Gasteiger charge is -2.27. The number of carbonyl (C=O) groups is 1. The summed E-state index contributed by atoms with van der Waals surface area (Å²) in [5, 5.41) is 2.57. The molecule has 1 aliphatic rings. The van der Waals surface area contributed by atoms with Gasteiger partial charge >= 0.3 is 6.03 Å². The van der Waals surface area contributed by atoms with Crippen LogP contribution in [0.4, 0.5) is 23.7 Å². The van der Waals surface area contributed by atoms with Gasteiger partial charge in [-0.15, -0.1) is 11.8 Å². The molecule has 1 aromatic rings. The van der Waals surface area contributed by atoms with Gasteiger partial charge in [0.05, 0.1) is 24.7 Å². The fourth-order valence-electron chi connectivity index (χ4n) is 1.84. The summed E-state index contributed by atoms with van der Waals surface area (Å²) >= 11 is 0.878. The van der Waals surface area contributed by atoms with E-state index in [1.807, 2.05) is 0 Å². The van der Waals surface area contributed by atoms with Crippen molar-refractivity contribution in [1.82, 2.24) is 4.90 Å². The standard InChI is InChI=1S/C13H15F3N2O2S/c14-9-1-2-11(21-8-12(15)16)10(7-9)17-13(19)18-3-5-20-6-4-18/h1-2,7,12H,3-6,8H2,(H,17,19). The largest absolute Gasteiger partial charge is 0.378 e. The van der Waals surface area contributed by atoms with E-state index >= 15 is 0 Å². The number of rotatable bonds is 4. The van der Waals surface area contributed by atoms with Crippen molar-refractivity contribution in [1.29, 1.82) is 0 Å². The molecule has 1 fully saturated rings. The van der Waals surface area contributed by atoms with E-state index in [9.17, 15) is 18.0 Å². The van der Waals surface area contributed by atoms with Crippen molar-refractivity contribution in [2.75, 3.05) is 37.4 Å². The molecule has 1 heterocycles. The molecule has 0 aromatic heterocycles. The van der Waals surface area contributed by atoms with Crippen molar-refractivity contribution in [2.24, 2.45) is 0 Å². The first-order chi connectivity index (χ1) is 10.1. The van der Waals surface area contributed by atoms with E-state index in [-0.39, 0.29) is 11.7 Å². The second-order valence-corrected chi connectivity index (χ2v) is 5.43. The SMILES string of the molecule is O=C(Nc1cc(F)ccc1SCC(F)F)N1CCOCC1. The van der Waals surface area contributed by atoms with Crippen molar-refractivity contribution < 1.29 is 22.7 Å². The number of anilines is 1. The summed E-state index contributed by atoms with van der Waals surface area (Å²) in [5.74, 6) is -0.944. The lowest BCUT2D eigenvalue weighted by Crippen LogP contribution is -2.43. The van der Waals surface area contributed by atoms with Crippen LogP contribution in [0.25, 0.3) is 0 Å². The van der Waals surface area contributed by atoms with Crippen LogP contribution in [0.15, 0.2) is 23.1 Å². The van der Waals surface area contributed by atoms with Crippen molar-refractivity contribution in [3.8, 4) is 0 Å². The lowest BCUT2D eigenvalue weighted by atomic mass is 10.3. The zero-order valence-corrected chi connectivity index (χ0v) is 12.0. The lowest BCUT2D eigenvalue weighted by molar-refractivity contribution is 0.0564. The van der Waals surface area contributed by atoms with Crippen LogP contribution < -0.4 is 5.32 Å². The van der Waals surface area contributed by atoms with Gasteiger partial charge in [0.25, 0.3) is 0 Å². The minimum atomic E-state index is -2.47. The third-order valence-corrected chi connectivity index (χ3v) is 3.93. The van der Waals surface area contributed by atoms with Crippen molar-refractivity contribution in [3.63, 3.8) is 0 Å². The fourth-order valence-corrected chi connectivity index (χ4v) is 2.57. The molecule has 0 radical (unpaired) electrons. The van der Waals surface area contributed by atoms with Crippen LogP contribution in [0, 0.1) is 5.82 Å². The highest BCUT2D eigenvalue weighted by Crippen LogP contribution is 2.29. The molecule has 116 valence electrons. The summed E-state index contributed by atoms with van der Waals surface area (Å²) in [6, 6.07) is 3.31. The van der Waals surface area contributed by atoms with E-state index in [1.54, 1.807) is 0 Å². The molecule has 0 bridgehead atoms. The van der Waals surface area contributed by atoms with E-state index < -0.39 is 18.0 Å². The summed E-state index contributed by atoms with van der Waals surface area (Å²) < 4.78 is 43.0. The zero-order valence-electron chi connectivity index (χ0n) is 11.2. The van der Waals surface area contributed by atoms with E-state index in [2.05, 4.69) is 5.32 Å². The molecule has 0 unspecified atom stereocenters. The summed E-state index contributed by atoms with van der Waals surface area (Å²) in [5.41, 5.74) is 0.206. The molecule has 2 rings (SSSR count). The number of thioether (sulfide) groups is 1. The van der Waals surface area contributed by atoms with Crippen molar-refractivity contribution >= 4 is 23.5 Å². The fraction of sp³-hybridized carbons (Fsp3) is 0.462. The average molecular weight is 320 g/mol. The highest BCUT2D eigenvalue weighted by atomic mass is 32.2. The van der Waals surface area contributed by atoms with E-state index in [0.717, 1.165) is 17.8 Å². The maximum atomic E-state index is 13.3. The number of urea groups is 1. The summed E-state index contributed by atoms with van der Waals surface area (Å²) in [4.78, 5) is 14.0. The molecule has 2 amide bonds. The monoisotopic (exact) mass is 320 g/mol. The molecule has 0 spiro atoms. The van der Waals surface area contributed by atoms with Gasteiger partial charge in [-0.3, -0.25) is 0 Å². The smallest absolute Gasteiger partial charge is 0.322 e. The molecular weight excluding hydrogens is 305 g/mol. The van der Waals surface area contributed by atoms with Crippen LogP contribution in [0.3, 0.4) is 0 Å². The van der Waals surface area contributed by atoms with Gasteiger partial charge < -0.3 is 15.0 Å². The van der Waals surface area contributed by atoms with Gasteiger partial charge in [-0.1, -0.05) is 0 Å². The van der Waals surface area contributed by atoms with E-state index in [0.29, 0.717) is 31.2 Å². The molecule has 1 N–H and O–H groups in total. The Balaban J connectivity index is 2.06. The molecular formula is C13H15F3N2O2S. The maximum Gasteiger partial charge on any atom is 0.322 e. The Morgan fingerprint density at radius 1 is 1.38 bits per heavy atom. The van der Waals surface area contributed by atoms with Crippen LogP contribution in [0.1, 0.15) is 0 Å². The number of benzene rings is 1. The van der Waals surface area contributed by atoms with Gasteiger partial charge in [-0.2, -0.15) is 0 Å². The topological polar surface area (TPSA) is 41.6 Å². The molecule has 0 atom stereocenters. The first kappa shape index (κ1) is 16.0. The Labute approximate surface area is 124 Å². The zero-order chi connectivity index (χ0) is 15.2. The minimum absolute atomic E-state index is 0.206. The van der Waals surface area contributed by atoms with Gasteiger partial charge in [-0.05, 0) is 18.2 Å². The minimum Gasteiger partial charge on any atom is -0.378 e. The molecule has 8 heteroatoms. The molecule has 1 saturated heterocycles. The Morgan fingerprint density at radius 3 is 2.76 bits per heavy atom. The van der Waals surface area contributed by atoms with Crippen LogP contribution in [0.5, 0.6) is 0 Å². The van der Waals surface area contributed by atoms with Gasteiger partial charge in [0, 0.05) is 18.0 Å². The first-order valence-electron chi connectivity index (χ1n) is 6.40.